The van der Waals surface area contributed by atoms with Crippen LogP contribution < -0.4 is 5.32 Å². The summed E-state index contributed by atoms with van der Waals surface area (Å²) in [6.07, 6.45) is 0. The molecule has 2 aromatic heterocycles. The predicted octanol–water partition coefficient (Wildman–Crippen LogP) is 1.68. The number of hydrogen-bond acceptors (Lipinski definition) is 8. The van der Waals surface area contributed by atoms with Crippen LogP contribution in [-0.4, -0.2) is 76.8 Å². The molecular formula is C19H28N6O4S2. The summed E-state index contributed by atoms with van der Waals surface area (Å²) in [5, 5.41) is 10.0. The van der Waals surface area contributed by atoms with Gasteiger partial charge in [0, 0.05) is 56.1 Å². The number of piperazine rings is 1. The number of nitrogens with zero attached hydrogens (tertiary/aromatic N) is 5. The second-order valence-corrected chi connectivity index (χ2v) is 11.0. The van der Waals surface area contributed by atoms with Crippen LogP contribution in [0.2, 0.25) is 0 Å². The highest BCUT2D eigenvalue weighted by Gasteiger charge is 2.32. The summed E-state index contributed by atoms with van der Waals surface area (Å²) < 4.78 is 29.0. The summed E-state index contributed by atoms with van der Waals surface area (Å²) in [6, 6.07) is 2.21. The van der Waals surface area contributed by atoms with Gasteiger partial charge in [0.25, 0.3) is 10.0 Å². The predicted molar refractivity (Wildman–Crippen MR) is 118 cm³/mol. The van der Waals surface area contributed by atoms with Gasteiger partial charge < -0.3 is 9.88 Å². The summed E-state index contributed by atoms with van der Waals surface area (Å²) >= 11 is 0.824. The maximum absolute atomic E-state index is 12.9. The molecule has 1 saturated heterocycles. The largest absolute Gasteiger partial charge is 0.346 e. The highest BCUT2D eigenvalue weighted by molar-refractivity contribution is 7.91. The standard InChI is InChI=1S/C19H28N6O4S2/c1-12(2)25-13(3)10-16(14(25)4)17(27)11-23-6-8-24(9-7-23)31(28,29)19-22-21-18(30-19)20-15(5)26/h10,12H,6-9,11H2,1-5H3,(H,20,21,26). The number of ketones is 1. The first kappa shape index (κ1) is 23.5. The molecule has 1 N–H and O–H groups in total. The average Bonchev–Trinajstić information content (AvgIpc) is 3.26. The lowest BCUT2D eigenvalue weighted by Crippen LogP contribution is -2.49. The fourth-order valence-electron chi connectivity index (χ4n) is 3.90. The lowest BCUT2D eigenvalue weighted by Gasteiger charge is -2.32. The molecule has 0 unspecified atom stereocenters. The molecule has 12 heteroatoms. The van der Waals surface area contributed by atoms with Gasteiger partial charge in [-0.1, -0.05) is 11.3 Å². The fourth-order valence-corrected chi connectivity index (χ4v) is 6.40. The van der Waals surface area contributed by atoms with E-state index in [0.29, 0.717) is 13.1 Å². The van der Waals surface area contributed by atoms with Gasteiger partial charge in [0.1, 0.15) is 0 Å². The molecule has 2 aromatic rings. The Bertz CT molecular complexity index is 1080. The first-order valence-corrected chi connectivity index (χ1v) is 12.3. The average molecular weight is 469 g/mol. The van der Waals surface area contributed by atoms with E-state index < -0.39 is 10.0 Å². The van der Waals surface area contributed by atoms with Gasteiger partial charge in [-0.3, -0.25) is 14.5 Å². The van der Waals surface area contributed by atoms with E-state index in [-0.39, 0.29) is 46.8 Å². The van der Waals surface area contributed by atoms with Crippen molar-refractivity contribution in [1.29, 1.82) is 0 Å². The SMILES string of the molecule is CC(=O)Nc1nnc(S(=O)(=O)N2CCN(CC(=O)c3cc(C)n(C(C)C)c3C)CC2)s1. The molecule has 1 aliphatic rings. The van der Waals surface area contributed by atoms with Crippen LogP contribution in [0, 0.1) is 13.8 Å². The second kappa shape index (κ2) is 9.15. The van der Waals surface area contributed by atoms with Crippen LogP contribution >= 0.6 is 11.3 Å². The topological polar surface area (TPSA) is 118 Å². The van der Waals surface area contributed by atoms with Gasteiger partial charge in [-0.25, -0.2) is 8.42 Å². The Balaban J connectivity index is 1.62. The third-order valence-electron chi connectivity index (χ3n) is 5.25. The maximum atomic E-state index is 12.9. The highest BCUT2D eigenvalue weighted by atomic mass is 32.2. The zero-order valence-corrected chi connectivity index (χ0v) is 20.0. The van der Waals surface area contributed by atoms with Crippen molar-refractivity contribution in [3.8, 4) is 0 Å². The van der Waals surface area contributed by atoms with Crippen LogP contribution in [0.4, 0.5) is 5.13 Å². The number of carbonyl (C=O) groups is 2. The number of amides is 1. The van der Waals surface area contributed by atoms with E-state index in [1.807, 2.05) is 24.8 Å². The van der Waals surface area contributed by atoms with Crippen molar-refractivity contribution >= 4 is 38.2 Å². The van der Waals surface area contributed by atoms with Crippen molar-refractivity contribution in [1.82, 2.24) is 24.0 Å². The molecule has 0 aliphatic carbocycles. The zero-order chi connectivity index (χ0) is 22.9. The van der Waals surface area contributed by atoms with Crippen LogP contribution in [0.5, 0.6) is 0 Å². The number of hydrogen-bond donors (Lipinski definition) is 1. The number of aromatic nitrogens is 3. The van der Waals surface area contributed by atoms with Crippen LogP contribution in [0.1, 0.15) is 48.6 Å². The zero-order valence-electron chi connectivity index (χ0n) is 18.4. The Kier molecular flexibility index (Phi) is 6.94. The molecule has 170 valence electrons. The number of Topliss-reactive ketones (excluding diaryl/α,β-unsaturated/α-hetero) is 1. The molecule has 0 radical (unpaired) electrons. The number of rotatable bonds is 7. The molecule has 0 saturated carbocycles. The van der Waals surface area contributed by atoms with Gasteiger partial charge in [0.05, 0.1) is 6.54 Å². The molecule has 0 bridgehead atoms. The van der Waals surface area contributed by atoms with E-state index in [1.165, 1.54) is 11.2 Å². The molecule has 1 amide bonds. The number of nitrogens with one attached hydrogen (secondary N) is 1. The van der Waals surface area contributed by atoms with E-state index in [9.17, 15) is 18.0 Å². The van der Waals surface area contributed by atoms with Crippen molar-refractivity contribution in [2.24, 2.45) is 0 Å². The first-order valence-electron chi connectivity index (χ1n) is 10.1. The summed E-state index contributed by atoms with van der Waals surface area (Å²) in [4.78, 5) is 26.0. The van der Waals surface area contributed by atoms with Crippen LogP contribution in [0.25, 0.3) is 0 Å². The van der Waals surface area contributed by atoms with Gasteiger partial charge in [-0.05, 0) is 33.8 Å². The monoisotopic (exact) mass is 468 g/mol. The van der Waals surface area contributed by atoms with E-state index in [2.05, 4.69) is 33.9 Å². The van der Waals surface area contributed by atoms with E-state index in [4.69, 9.17) is 0 Å². The minimum absolute atomic E-state index is 0.0420. The Labute approximate surface area is 186 Å². The van der Waals surface area contributed by atoms with Gasteiger partial charge in [-0.2, -0.15) is 4.31 Å². The van der Waals surface area contributed by atoms with Crippen molar-refractivity contribution in [2.45, 2.75) is 45.0 Å². The highest BCUT2D eigenvalue weighted by Crippen LogP contribution is 2.25. The van der Waals surface area contributed by atoms with Crippen molar-refractivity contribution in [3.05, 3.63) is 23.0 Å². The third-order valence-corrected chi connectivity index (χ3v) is 8.33. The van der Waals surface area contributed by atoms with E-state index in [0.717, 1.165) is 28.3 Å². The molecule has 10 nitrogen and oxygen atoms in total. The lowest BCUT2D eigenvalue weighted by atomic mass is 10.1. The molecule has 1 fully saturated rings. The Morgan fingerprint density at radius 3 is 2.35 bits per heavy atom. The number of aryl methyl sites for hydroxylation is 1. The molecule has 3 heterocycles. The minimum Gasteiger partial charge on any atom is -0.346 e. The Morgan fingerprint density at radius 2 is 1.81 bits per heavy atom. The van der Waals surface area contributed by atoms with Crippen LogP contribution in [0.15, 0.2) is 10.4 Å². The fraction of sp³-hybridized carbons (Fsp3) is 0.579. The van der Waals surface area contributed by atoms with E-state index in [1.54, 1.807) is 0 Å². The summed E-state index contributed by atoms with van der Waals surface area (Å²) in [7, 11) is -3.79. The Hall–Kier alpha value is -2.15. The third kappa shape index (κ3) is 5.03. The smallest absolute Gasteiger partial charge is 0.272 e. The molecule has 0 spiro atoms. The number of anilines is 1. The Morgan fingerprint density at radius 1 is 1.16 bits per heavy atom. The van der Waals surface area contributed by atoms with Crippen LogP contribution in [0.3, 0.4) is 0 Å². The molecule has 0 atom stereocenters. The molecule has 0 aromatic carbocycles. The van der Waals surface area contributed by atoms with Gasteiger partial charge in [0.2, 0.25) is 15.4 Å². The molecular weight excluding hydrogens is 440 g/mol. The molecule has 1 aliphatic heterocycles. The normalized spacial score (nSPS) is 16.1. The van der Waals surface area contributed by atoms with Crippen molar-refractivity contribution in [3.63, 3.8) is 0 Å². The first-order chi connectivity index (χ1) is 14.5. The minimum atomic E-state index is -3.79. The maximum Gasteiger partial charge on any atom is 0.272 e. The number of sulfonamides is 1. The lowest BCUT2D eigenvalue weighted by molar-refractivity contribution is -0.114. The van der Waals surface area contributed by atoms with Crippen molar-refractivity contribution < 1.29 is 18.0 Å². The van der Waals surface area contributed by atoms with Gasteiger partial charge >= 0.3 is 0 Å². The van der Waals surface area contributed by atoms with Gasteiger partial charge in [-0.15, -0.1) is 10.2 Å². The van der Waals surface area contributed by atoms with Crippen LogP contribution in [-0.2, 0) is 14.8 Å². The van der Waals surface area contributed by atoms with E-state index >= 15 is 0 Å². The number of carbonyl (C=O) groups excluding carboxylic acids is 2. The summed E-state index contributed by atoms with van der Waals surface area (Å²) in [6.45, 7) is 11.1. The second-order valence-electron chi connectivity index (χ2n) is 7.91. The molecule has 3 rings (SSSR count). The van der Waals surface area contributed by atoms with Crippen molar-refractivity contribution in [2.75, 3.05) is 38.0 Å². The summed E-state index contributed by atoms with van der Waals surface area (Å²) in [5.41, 5.74) is 2.74. The summed E-state index contributed by atoms with van der Waals surface area (Å²) in [5.74, 6) is -0.298. The quantitative estimate of drug-likeness (QED) is 0.485. The van der Waals surface area contributed by atoms with Gasteiger partial charge in [0.15, 0.2) is 5.78 Å². The molecule has 31 heavy (non-hydrogen) atoms.